The minimum atomic E-state index is -0.0351. The van der Waals surface area contributed by atoms with Gasteiger partial charge in [0.15, 0.2) is 0 Å². The number of piperidine rings is 1. The summed E-state index contributed by atoms with van der Waals surface area (Å²) in [6, 6.07) is 7.94. The second-order valence-electron chi connectivity index (χ2n) is 8.41. The lowest BCUT2D eigenvalue weighted by Gasteiger charge is -2.29. The monoisotopic (exact) mass is 467 g/mol. The molecule has 2 atom stereocenters. The van der Waals surface area contributed by atoms with Gasteiger partial charge in [0.25, 0.3) is 5.91 Å². The van der Waals surface area contributed by atoms with Crippen LogP contribution < -0.4 is 15.5 Å². The van der Waals surface area contributed by atoms with Crippen molar-refractivity contribution in [2.45, 2.75) is 19.4 Å². The van der Waals surface area contributed by atoms with Crippen LogP contribution in [0.1, 0.15) is 19.4 Å². The van der Waals surface area contributed by atoms with Crippen molar-refractivity contribution in [1.29, 1.82) is 0 Å². The van der Waals surface area contributed by atoms with Crippen molar-refractivity contribution >= 4 is 34.8 Å². The number of aromatic nitrogens is 4. The maximum Gasteiger partial charge on any atom is 0.253 e. The van der Waals surface area contributed by atoms with Gasteiger partial charge in [-0.25, -0.2) is 9.97 Å². The van der Waals surface area contributed by atoms with Crippen molar-refractivity contribution in [3.8, 4) is 11.3 Å². The highest BCUT2D eigenvalue weighted by molar-refractivity contribution is 6.32. The first-order chi connectivity index (χ1) is 16.1. The zero-order valence-corrected chi connectivity index (χ0v) is 19.1. The van der Waals surface area contributed by atoms with Crippen molar-refractivity contribution in [1.82, 2.24) is 25.1 Å². The molecule has 5 rings (SSSR count). The van der Waals surface area contributed by atoms with E-state index in [0.29, 0.717) is 41.8 Å². The number of ether oxygens (including phenoxy) is 1. The lowest BCUT2D eigenvalue weighted by atomic mass is 9.95. The second-order valence-corrected chi connectivity index (χ2v) is 8.81. The van der Waals surface area contributed by atoms with Gasteiger partial charge >= 0.3 is 0 Å². The SMILES string of the molecule is C[C@@H]1CNCC[C@H]1n1cc(-c2nc(Nc3ccc(N4CCOCC4=O)cc3)ncc2Cl)cn1. The molecule has 2 aliphatic heterocycles. The van der Waals surface area contributed by atoms with Gasteiger partial charge in [0.2, 0.25) is 5.95 Å². The zero-order chi connectivity index (χ0) is 22.8. The van der Waals surface area contributed by atoms with Gasteiger partial charge in [0.05, 0.1) is 35.8 Å². The van der Waals surface area contributed by atoms with Crippen molar-refractivity contribution in [2.75, 3.05) is 43.1 Å². The summed E-state index contributed by atoms with van der Waals surface area (Å²) in [5.41, 5.74) is 3.15. The van der Waals surface area contributed by atoms with Gasteiger partial charge in [-0.1, -0.05) is 18.5 Å². The first kappa shape index (κ1) is 21.8. The minimum Gasteiger partial charge on any atom is -0.370 e. The highest BCUT2D eigenvalue weighted by atomic mass is 35.5. The third-order valence-electron chi connectivity index (χ3n) is 6.12. The maximum atomic E-state index is 12.0. The summed E-state index contributed by atoms with van der Waals surface area (Å²) < 4.78 is 7.22. The van der Waals surface area contributed by atoms with E-state index < -0.39 is 0 Å². The summed E-state index contributed by atoms with van der Waals surface area (Å²) in [5, 5.41) is 11.7. The normalized spacial score (nSPS) is 21.3. The highest BCUT2D eigenvalue weighted by Gasteiger charge is 2.24. The van der Waals surface area contributed by atoms with Crippen LogP contribution in [0.5, 0.6) is 0 Å². The van der Waals surface area contributed by atoms with Crippen LogP contribution in [0.15, 0.2) is 42.9 Å². The van der Waals surface area contributed by atoms with Crippen LogP contribution in [0.25, 0.3) is 11.3 Å². The summed E-state index contributed by atoms with van der Waals surface area (Å²) in [5.74, 6) is 0.903. The smallest absolute Gasteiger partial charge is 0.253 e. The number of halogens is 1. The lowest BCUT2D eigenvalue weighted by molar-refractivity contribution is -0.125. The van der Waals surface area contributed by atoms with E-state index in [0.717, 1.165) is 36.4 Å². The molecular weight excluding hydrogens is 442 g/mol. The largest absolute Gasteiger partial charge is 0.370 e. The number of benzene rings is 1. The van der Waals surface area contributed by atoms with Gasteiger partial charge in [-0.2, -0.15) is 5.10 Å². The summed E-state index contributed by atoms with van der Waals surface area (Å²) in [7, 11) is 0. The van der Waals surface area contributed by atoms with E-state index in [1.807, 2.05) is 35.1 Å². The third kappa shape index (κ3) is 4.71. The van der Waals surface area contributed by atoms with Gasteiger partial charge in [0.1, 0.15) is 6.61 Å². The molecule has 2 aromatic heterocycles. The van der Waals surface area contributed by atoms with Gasteiger partial charge in [-0.15, -0.1) is 0 Å². The molecule has 2 saturated heterocycles. The Hall–Kier alpha value is -3.01. The van der Waals surface area contributed by atoms with Crippen LogP contribution in [-0.4, -0.2) is 58.5 Å². The number of nitrogens with one attached hydrogen (secondary N) is 2. The number of rotatable bonds is 5. The number of hydrogen-bond acceptors (Lipinski definition) is 7. The molecule has 2 fully saturated rings. The van der Waals surface area contributed by atoms with Crippen LogP contribution in [0.2, 0.25) is 5.02 Å². The molecule has 0 unspecified atom stereocenters. The quantitative estimate of drug-likeness (QED) is 0.594. The number of carbonyl (C=O) groups excluding carboxylic acids is 1. The molecule has 2 aliphatic rings. The molecule has 2 N–H and O–H groups in total. The van der Waals surface area contributed by atoms with E-state index in [1.54, 1.807) is 17.3 Å². The van der Waals surface area contributed by atoms with Crippen molar-refractivity contribution in [3.63, 3.8) is 0 Å². The van der Waals surface area contributed by atoms with Gasteiger partial charge in [-0.05, 0) is 49.7 Å². The molecule has 172 valence electrons. The van der Waals surface area contributed by atoms with Gasteiger partial charge in [0, 0.05) is 29.7 Å². The molecule has 0 radical (unpaired) electrons. The Kier molecular flexibility index (Phi) is 6.26. The first-order valence-electron chi connectivity index (χ1n) is 11.1. The molecule has 0 spiro atoms. The molecule has 10 heteroatoms. The fourth-order valence-corrected chi connectivity index (χ4v) is 4.51. The number of nitrogens with zero attached hydrogens (tertiary/aromatic N) is 5. The minimum absolute atomic E-state index is 0.0351. The number of amides is 1. The molecule has 4 heterocycles. The summed E-state index contributed by atoms with van der Waals surface area (Å²) >= 11 is 6.43. The van der Waals surface area contributed by atoms with E-state index in [9.17, 15) is 4.79 Å². The van der Waals surface area contributed by atoms with Crippen molar-refractivity contribution in [2.24, 2.45) is 5.92 Å². The maximum absolute atomic E-state index is 12.0. The molecule has 0 saturated carbocycles. The Balaban J connectivity index is 1.32. The molecular formula is C23H26ClN7O2. The van der Waals surface area contributed by atoms with E-state index >= 15 is 0 Å². The van der Waals surface area contributed by atoms with Crippen molar-refractivity contribution in [3.05, 3.63) is 47.9 Å². The van der Waals surface area contributed by atoms with Crippen LogP contribution in [0, 0.1) is 5.92 Å². The average Bonchev–Trinajstić information content (AvgIpc) is 3.31. The summed E-state index contributed by atoms with van der Waals surface area (Å²) in [6.07, 6.45) is 6.45. The Morgan fingerprint density at radius 2 is 2.09 bits per heavy atom. The summed E-state index contributed by atoms with van der Waals surface area (Å²) in [6.45, 7) is 5.43. The van der Waals surface area contributed by atoms with E-state index in [2.05, 4.69) is 32.6 Å². The Labute approximate surface area is 197 Å². The highest BCUT2D eigenvalue weighted by Crippen LogP contribution is 2.30. The number of hydrogen-bond donors (Lipinski definition) is 2. The van der Waals surface area contributed by atoms with Crippen LogP contribution in [-0.2, 0) is 9.53 Å². The van der Waals surface area contributed by atoms with Crippen LogP contribution in [0.4, 0.5) is 17.3 Å². The predicted molar refractivity (Wildman–Crippen MR) is 127 cm³/mol. The van der Waals surface area contributed by atoms with E-state index in [4.69, 9.17) is 16.3 Å². The van der Waals surface area contributed by atoms with E-state index in [1.165, 1.54) is 0 Å². The third-order valence-corrected chi connectivity index (χ3v) is 6.40. The molecule has 0 bridgehead atoms. The molecule has 9 nitrogen and oxygen atoms in total. The Morgan fingerprint density at radius 1 is 1.24 bits per heavy atom. The first-order valence-corrected chi connectivity index (χ1v) is 11.5. The van der Waals surface area contributed by atoms with Gasteiger partial charge < -0.3 is 20.3 Å². The van der Waals surface area contributed by atoms with Gasteiger partial charge in [-0.3, -0.25) is 9.48 Å². The predicted octanol–water partition coefficient (Wildman–Crippen LogP) is 3.27. The Morgan fingerprint density at radius 3 is 2.88 bits per heavy atom. The van der Waals surface area contributed by atoms with E-state index in [-0.39, 0.29) is 12.5 Å². The van der Waals surface area contributed by atoms with Crippen molar-refractivity contribution < 1.29 is 9.53 Å². The molecule has 33 heavy (non-hydrogen) atoms. The fourth-order valence-electron chi connectivity index (χ4n) is 4.31. The standard InChI is InChI=1S/C23H26ClN7O2/c1-15-10-25-7-6-20(15)31-13-16(11-27-31)22-19(24)12-26-23(29-22)28-17-2-4-18(5-3-17)30-8-9-33-14-21(30)32/h2-5,11-13,15,20,25H,6-10,14H2,1H3,(H,26,28,29)/t15-,20-/m1/s1. The molecule has 1 aromatic carbocycles. The number of morpholine rings is 1. The zero-order valence-electron chi connectivity index (χ0n) is 18.4. The molecule has 1 amide bonds. The molecule has 0 aliphatic carbocycles. The molecule has 3 aromatic rings. The lowest BCUT2D eigenvalue weighted by Crippen LogP contribution is -2.41. The topological polar surface area (TPSA) is 97.2 Å². The average molecular weight is 468 g/mol. The second kappa shape index (κ2) is 9.46. The fraction of sp³-hybridized carbons (Fsp3) is 0.391. The van der Waals surface area contributed by atoms with Crippen LogP contribution in [0.3, 0.4) is 0 Å². The summed E-state index contributed by atoms with van der Waals surface area (Å²) in [4.78, 5) is 22.7. The van der Waals surface area contributed by atoms with Crippen LogP contribution >= 0.6 is 11.6 Å². The Bertz CT molecular complexity index is 1130. The number of anilines is 3. The number of carbonyl (C=O) groups is 1.